The van der Waals surface area contributed by atoms with E-state index < -0.39 is 0 Å². The largest absolute Gasteiger partial charge is 0.297 e. The molecule has 0 unspecified atom stereocenters. The zero-order valence-corrected chi connectivity index (χ0v) is 14.8. The third-order valence-corrected chi connectivity index (χ3v) is 5.62. The minimum Gasteiger partial charge on any atom is -0.297 e. The summed E-state index contributed by atoms with van der Waals surface area (Å²) >= 11 is 5.98. The molecule has 0 radical (unpaired) electrons. The van der Waals surface area contributed by atoms with E-state index in [-0.39, 0.29) is 0 Å². The van der Waals surface area contributed by atoms with Gasteiger partial charge in [0.2, 0.25) is 0 Å². The molecule has 24 heavy (non-hydrogen) atoms. The fraction of sp³-hybridized carbons (Fsp3) is 0.500. The molecule has 0 spiro atoms. The van der Waals surface area contributed by atoms with Crippen molar-refractivity contribution in [2.45, 2.75) is 45.1 Å². The Morgan fingerprint density at radius 2 is 1.88 bits per heavy atom. The Balaban J connectivity index is 1.49. The van der Waals surface area contributed by atoms with Crippen molar-refractivity contribution in [1.82, 2.24) is 14.9 Å². The Kier molecular flexibility index (Phi) is 4.81. The quantitative estimate of drug-likeness (QED) is 0.807. The Labute approximate surface area is 149 Å². The van der Waals surface area contributed by atoms with Crippen molar-refractivity contribution in [2.24, 2.45) is 5.92 Å². The maximum Gasteiger partial charge on any atom is 0.159 e. The number of hydrogen-bond acceptors (Lipinski definition) is 3. The lowest BCUT2D eigenvalue weighted by Crippen LogP contribution is -2.35. The van der Waals surface area contributed by atoms with Crippen molar-refractivity contribution in [1.29, 1.82) is 0 Å². The molecule has 0 amide bonds. The van der Waals surface area contributed by atoms with Gasteiger partial charge in [-0.1, -0.05) is 30.9 Å². The lowest BCUT2D eigenvalue weighted by Gasteiger charge is -2.32. The molecule has 0 N–H and O–H groups in total. The van der Waals surface area contributed by atoms with Crippen molar-refractivity contribution < 1.29 is 0 Å². The molecule has 2 aromatic rings. The highest BCUT2D eigenvalue weighted by molar-refractivity contribution is 6.30. The zero-order chi connectivity index (χ0) is 16.4. The van der Waals surface area contributed by atoms with E-state index in [1.807, 2.05) is 30.5 Å². The van der Waals surface area contributed by atoms with Crippen LogP contribution < -0.4 is 0 Å². The highest BCUT2D eigenvalue weighted by Crippen LogP contribution is 2.27. The van der Waals surface area contributed by atoms with Crippen LogP contribution in [0.4, 0.5) is 0 Å². The van der Waals surface area contributed by atoms with E-state index in [1.165, 1.54) is 49.9 Å². The number of rotatable bonds is 3. The summed E-state index contributed by atoms with van der Waals surface area (Å²) in [6, 6.07) is 7.78. The van der Waals surface area contributed by atoms with Crippen LogP contribution in [0, 0.1) is 5.92 Å². The molecule has 0 atom stereocenters. The molecule has 2 aliphatic rings. The number of benzene rings is 1. The van der Waals surface area contributed by atoms with Gasteiger partial charge in [-0.15, -0.1) is 0 Å². The smallest absolute Gasteiger partial charge is 0.159 e. The summed E-state index contributed by atoms with van der Waals surface area (Å²) in [6.45, 7) is 3.35. The Bertz CT molecular complexity index is 693. The first kappa shape index (κ1) is 16.0. The summed E-state index contributed by atoms with van der Waals surface area (Å²) in [4.78, 5) is 12.0. The van der Waals surface area contributed by atoms with Crippen LogP contribution in [0.15, 0.2) is 30.5 Å². The van der Waals surface area contributed by atoms with Gasteiger partial charge in [-0.2, -0.15) is 0 Å². The second-order valence-corrected chi connectivity index (χ2v) is 7.60. The highest BCUT2D eigenvalue weighted by Gasteiger charge is 2.22. The highest BCUT2D eigenvalue weighted by atomic mass is 35.5. The molecular formula is C20H24ClN3. The molecule has 1 aliphatic heterocycles. The molecule has 1 aromatic carbocycles. The first-order valence-electron chi connectivity index (χ1n) is 9.11. The van der Waals surface area contributed by atoms with E-state index in [9.17, 15) is 0 Å². The first-order chi connectivity index (χ1) is 11.8. The third kappa shape index (κ3) is 3.62. The molecule has 0 saturated heterocycles. The van der Waals surface area contributed by atoms with Crippen LogP contribution in [0.1, 0.15) is 43.4 Å². The SMILES string of the molecule is Clc1ccc(-c2ncc3c(n2)CN(CC2CCCCC2)CC3)cc1. The van der Waals surface area contributed by atoms with Gasteiger partial charge < -0.3 is 0 Å². The van der Waals surface area contributed by atoms with E-state index in [0.717, 1.165) is 41.8 Å². The van der Waals surface area contributed by atoms with Gasteiger partial charge in [0.15, 0.2) is 5.82 Å². The standard InChI is InChI=1S/C20H24ClN3/c21-18-8-6-16(7-9-18)20-22-12-17-10-11-24(14-19(17)23-20)13-15-4-2-1-3-5-15/h6-9,12,15H,1-5,10-11,13-14H2. The molecule has 1 saturated carbocycles. The molecular weight excluding hydrogens is 318 g/mol. The average molecular weight is 342 g/mol. The number of fused-ring (bicyclic) bond motifs is 1. The third-order valence-electron chi connectivity index (χ3n) is 5.37. The van der Waals surface area contributed by atoms with Gasteiger partial charge in [0.25, 0.3) is 0 Å². The monoisotopic (exact) mass is 341 g/mol. The van der Waals surface area contributed by atoms with Gasteiger partial charge >= 0.3 is 0 Å². The second kappa shape index (κ2) is 7.20. The lowest BCUT2D eigenvalue weighted by atomic mass is 9.88. The molecule has 1 aromatic heterocycles. The molecule has 3 nitrogen and oxygen atoms in total. The Morgan fingerprint density at radius 1 is 1.08 bits per heavy atom. The van der Waals surface area contributed by atoms with Crippen LogP contribution in [0.25, 0.3) is 11.4 Å². The van der Waals surface area contributed by atoms with Gasteiger partial charge in [-0.3, -0.25) is 4.90 Å². The molecule has 2 heterocycles. The van der Waals surface area contributed by atoms with Gasteiger partial charge in [0, 0.05) is 36.4 Å². The molecule has 1 fully saturated rings. The molecule has 126 valence electrons. The van der Waals surface area contributed by atoms with Crippen molar-refractivity contribution in [3.8, 4) is 11.4 Å². The summed E-state index contributed by atoms with van der Waals surface area (Å²) in [5, 5.41) is 0.746. The second-order valence-electron chi connectivity index (χ2n) is 7.16. The van der Waals surface area contributed by atoms with Crippen molar-refractivity contribution >= 4 is 11.6 Å². The van der Waals surface area contributed by atoms with Gasteiger partial charge in [-0.25, -0.2) is 9.97 Å². The predicted molar refractivity (Wildman–Crippen MR) is 98.0 cm³/mol. The van der Waals surface area contributed by atoms with Crippen LogP contribution in [0.5, 0.6) is 0 Å². The summed E-state index contributed by atoms with van der Waals surface area (Å²) in [7, 11) is 0. The van der Waals surface area contributed by atoms with Gasteiger partial charge in [-0.05, 0) is 55.0 Å². The summed E-state index contributed by atoms with van der Waals surface area (Å²) in [5.74, 6) is 1.70. The number of halogens is 1. The molecule has 0 bridgehead atoms. The van der Waals surface area contributed by atoms with Crippen LogP contribution in [0.2, 0.25) is 5.02 Å². The minimum atomic E-state index is 0.746. The Morgan fingerprint density at radius 3 is 2.67 bits per heavy atom. The van der Waals surface area contributed by atoms with Crippen LogP contribution >= 0.6 is 11.6 Å². The summed E-state index contributed by atoms with van der Waals surface area (Å²) in [6.07, 6.45) is 10.2. The van der Waals surface area contributed by atoms with Crippen molar-refractivity contribution in [3.63, 3.8) is 0 Å². The van der Waals surface area contributed by atoms with E-state index in [0.29, 0.717) is 0 Å². The summed E-state index contributed by atoms with van der Waals surface area (Å²) < 4.78 is 0. The zero-order valence-electron chi connectivity index (χ0n) is 14.0. The summed E-state index contributed by atoms with van der Waals surface area (Å²) in [5.41, 5.74) is 3.55. The van der Waals surface area contributed by atoms with E-state index in [1.54, 1.807) is 0 Å². The van der Waals surface area contributed by atoms with Crippen LogP contribution in [-0.2, 0) is 13.0 Å². The lowest BCUT2D eigenvalue weighted by molar-refractivity contribution is 0.184. The maximum atomic E-state index is 5.98. The Hall–Kier alpha value is -1.45. The fourth-order valence-electron chi connectivity index (χ4n) is 3.99. The molecule has 1 aliphatic carbocycles. The number of nitrogens with zero attached hydrogens (tertiary/aromatic N) is 3. The predicted octanol–water partition coefficient (Wildman–Crippen LogP) is 4.74. The molecule has 4 rings (SSSR count). The van der Waals surface area contributed by atoms with Gasteiger partial charge in [0.05, 0.1) is 5.69 Å². The number of hydrogen-bond donors (Lipinski definition) is 0. The van der Waals surface area contributed by atoms with Gasteiger partial charge in [0.1, 0.15) is 0 Å². The van der Waals surface area contributed by atoms with E-state index in [2.05, 4.69) is 9.88 Å². The van der Waals surface area contributed by atoms with Crippen molar-refractivity contribution in [2.75, 3.05) is 13.1 Å². The van der Waals surface area contributed by atoms with Crippen molar-refractivity contribution in [3.05, 3.63) is 46.7 Å². The average Bonchev–Trinajstić information content (AvgIpc) is 2.63. The fourth-order valence-corrected chi connectivity index (χ4v) is 4.11. The topological polar surface area (TPSA) is 29.0 Å². The van der Waals surface area contributed by atoms with Crippen LogP contribution in [-0.4, -0.2) is 28.0 Å². The maximum absolute atomic E-state index is 5.98. The van der Waals surface area contributed by atoms with E-state index in [4.69, 9.17) is 16.6 Å². The van der Waals surface area contributed by atoms with E-state index >= 15 is 0 Å². The molecule has 4 heteroatoms. The minimum absolute atomic E-state index is 0.746. The normalized spacial score (nSPS) is 19.2. The van der Waals surface area contributed by atoms with Crippen LogP contribution in [0.3, 0.4) is 0 Å². The number of aromatic nitrogens is 2. The first-order valence-corrected chi connectivity index (χ1v) is 9.49.